The number of para-hydroxylation sites is 1. The number of carbonyl (C=O) groups excluding carboxylic acids is 1. The Morgan fingerprint density at radius 2 is 2.03 bits per heavy atom. The number of phenolic OH excluding ortho intramolecular Hbond substituents is 1. The number of hydrogen-bond donors (Lipinski definition) is 3. The van der Waals surface area contributed by atoms with Crippen LogP contribution in [0.2, 0.25) is 5.02 Å². The number of anilines is 1. The van der Waals surface area contributed by atoms with Gasteiger partial charge in [0.15, 0.2) is 11.5 Å². The predicted octanol–water partition coefficient (Wildman–Crippen LogP) is 4.02. The number of aromatic nitrogens is 1. The van der Waals surface area contributed by atoms with Crippen molar-refractivity contribution >= 4 is 29.2 Å². The van der Waals surface area contributed by atoms with Crippen molar-refractivity contribution in [3.8, 4) is 17.2 Å². The number of carboxylic acid groups (broad SMARTS) is 1. The lowest BCUT2D eigenvalue weighted by atomic mass is 9.88. The molecule has 0 aliphatic carbocycles. The first-order valence-corrected chi connectivity index (χ1v) is 9.18. The summed E-state index contributed by atoms with van der Waals surface area (Å²) in [4.78, 5) is 24.2. The van der Waals surface area contributed by atoms with Crippen molar-refractivity contribution in [3.05, 3.63) is 70.5 Å². The van der Waals surface area contributed by atoms with Crippen molar-refractivity contribution < 1.29 is 24.5 Å². The van der Waals surface area contributed by atoms with E-state index in [2.05, 4.69) is 5.32 Å². The molecule has 148 valence electrons. The number of aromatic carboxylic acids is 1. The van der Waals surface area contributed by atoms with Crippen LogP contribution in [0.5, 0.6) is 11.5 Å². The summed E-state index contributed by atoms with van der Waals surface area (Å²) in [5.41, 5.74) is 2.13. The van der Waals surface area contributed by atoms with Gasteiger partial charge in [0.25, 0.3) is 0 Å². The van der Waals surface area contributed by atoms with Crippen molar-refractivity contribution in [2.24, 2.45) is 0 Å². The largest absolute Gasteiger partial charge is 0.504 e. The quantitative estimate of drug-likeness (QED) is 0.601. The van der Waals surface area contributed by atoms with Gasteiger partial charge in [0.1, 0.15) is 5.56 Å². The number of carboxylic acids is 1. The summed E-state index contributed by atoms with van der Waals surface area (Å²) in [5.74, 6) is -1.67. The lowest BCUT2D eigenvalue weighted by Crippen LogP contribution is -2.25. The molecule has 1 aliphatic rings. The Balaban J connectivity index is 1.99. The van der Waals surface area contributed by atoms with E-state index >= 15 is 0 Å². The zero-order valence-corrected chi connectivity index (χ0v) is 16.1. The number of ether oxygens (including phenoxy) is 1. The Hall–Kier alpha value is -3.45. The molecule has 1 unspecified atom stereocenters. The van der Waals surface area contributed by atoms with Gasteiger partial charge in [-0.1, -0.05) is 29.8 Å². The van der Waals surface area contributed by atoms with Gasteiger partial charge in [-0.3, -0.25) is 4.79 Å². The first-order valence-electron chi connectivity index (χ1n) is 8.81. The third-order valence-corrected chi connectivity index (χ3v) is 5.30. The fourth-order valence-corrected chi connectivity index (χ4v) is 3.89. The van der Waals surface area contributed by atoms with Crippen molar-refractivity contribution in [3.63, 3.8) is 0 Å². The number of hydrogen-bond acceptors (Lipinski definition) is 4. The van der Waals surface area contributed by atoms with Crippen LogP contribution in [-0.4, -0.2) is 33.8 Å². The molecule has 8 heteroatoms. The van der Waals surface area contributed by atoms with Crippen LogP contribution >= 0.6 is 11.6 Å². The molecule has 1 amide bonds. The van der Waals surface area contributed by atoms with Crippen LogP contribution in [0.4, 0.5) is 5.69 Å². The van der Waals surface area contributed by atoms with Crippen molar-refractivity contribution in [2.75, 3.05) is 12.4 Å². The maximum absolute atomic E-state index is 12.4. The topological polar surface area (TPSA) is 101 Å². The molecular weight excluding hydrogens is 396 g/mol. The summed E-state index contributed by atoms with van der Waals surface area (Å²) in [6, 6.07) is 11.9. The van der Waals surface area contributed by atoms with Gasteiger partial charge < -0.3 is 24.8 Å². The van der Waals surface area contributed by atoms with Gasteiger partial charge in [0.05, 0.1) is 29.2 Å². The predicted molar refractivity (Wildman–Crippen MR) is 107 cm³/mol. The van der Waals surface area contributed by atoms with Crippen LogP contribution < -0.4 is 10.1 Å². The van der Waals surface area contributed by atoms with Crippen LogP contribution in [0, 0.1) is 0 Å². The van der Waals surface area contributed by atoms with Crippen LogP contribution in [-0.2, 0) is 4.79 Å². The monoisotopic (exact) mass is 412 g/mol. The number of amides is 1. The number of phenols is 1. The summed E-state index contributed by atoms with van der Waals surface area (Å²) >= 11 is 6.37. The highest BCUT2D eigenvalue weighted by atomic mass is 35.5. The van der Waals surface area contributed by atoms with Crippen LogP contribution in [0.1, 0.15) is 34.0 Å². The van der Waals surface area contributed by atoms with E-state index in [1.165, 1.54) is 19.4 Å². The molecule has 3 N–H and O–H groups in total. The lowest BCUT2D eigenvalue weighted by Gasteiger charge is -2.26. The number of rotatable bonds is 4. The Labute approximate surface area is 171 Å². The average molecular weight is 413 g/mol. The number of nitrogens with zero attached hydrogens (tertiary/aromatic N) is 1. The molecule has 0 spiro atoms. The Kier molecular flexibility index (Phi) is 4.68. The summed E-state index contributed by atoms with van der Waals surface area (Å²) < 4.78 is 6.90. The smallest absolute Gasteiger partial charge is 0.339 e. The number of halogens is 1. The molecule has 2 heterocycles. The highest BCUT2D eigenvalue weighted by molar-refractivity contribution is 6.32. The molecule has 0 bridgehead atoms. The van der Waals surface area contributed by atoms with Gasteiger partial charge in [0, 0.05) is 18.5 Å². The number of aromatic hydroxyl groups is 1. The average Bonchev–Trinajstić information content (AvgIpc) is 3.07. The van der Waals surface area contributed by atoms with Crippen molar-refractivity contribution in [1.29, 1.82) is 0 Å². The number of methoxy groups -OCH3 is 1. The van der Waals surface area contributed by atoms with Gasteiger partial charge >= 0.3 is 5.97 Å². The molecular formula is C21H17ClN2O5. The van der Waals surface area contributed by atoms with Gasteiger partial charge in [-0.2, -0.15) is 0 Å². The third-order valence-electron chi connectivity index (χ3n) is 4.98. The third kappa shape index (κ3) is 3.19. The van der Waals surface area contributed by atoms with Gasteiger partial charge in [0.2, 0.25) is 5.91 Å². The van der Waals surface area contributed by atoms with Crippen LogP contribution in [0.25, 0.3) is 5.69 Å². The molecule has 0 saturated heterocycles. The molecule has 0 fully saturated rings. The van der Waals surface area contributed by atoms with E-state index in [0.29, 0.717) is 22.0 Å². The number of benzene rings is 2. The normalized spacial score (nSPS) is 15.5. The lowest BCUT2D eigenvalue weighted by molar-refractivity contribution is -0.116. The van der Waals surface area contributed by atoms with E-state index in [1.54, 1.807) is 41.0 Å². The van der Waals surface area contributed by atoms with E-state index < -0.39 is 11.9 Å². The summed E-state index contributed by atoms with van der Waals surface area (Å²) in [6.07, 6.45) is 1.57. The SMILES string of the molecule is COc1cc(C2CC(=O)Nc3c(C(=O)O)cn(-c4ccccc4Cl)c32)ccc1O. The minimum atomic E-state index is -1.16. The molecule has 29 heavy (non-hydrogen) atoms. The Bertz CT molecular complexity index is 1140. The van der Waals surface area contributed by atoms with E-state index in [9.17, 15) is 19.8 Å². The fourth-order valence-electron chi connectivity index (χ4n) is 3.66. The first-order chi connectivity index (χ1) is 13.9. The molecule has 7 nitrogen and oxygen atoms in total. The van der Waals surface area contributed by atoms with Gasteiger partial charge in [-0.05, 0) is 29.8 Å². The van der Waals surface area contributed by atoms with E-state index in [1.807, 2.05) is 0 Å². The second kappa shape index (κ2) is 7.18. The summed E-state index contributed by atoms with van der Waals surface area (Å²) in [6.45, 7) is 0. The number of nitrogens with one attached hydrogen (secondary N) is 1. The van der Waals surface area contributed by atoms with Crippen molar-refractivity contribution in [1.82, 2.24) is 4.57 Å². The van der Waals surface area contributed by atoms with Crippen molar-refractivity contribution in [2.45, 2.75) is 12.3 Å². The summed E-state index contributed by atoms with van der Waals surface area (Å²) in [5, 5.41) is 22.7. The standard InChI is InChI=1S/C21H17ClN2O5/c1-29-17-8-11(6-7-16(17)25)12-9-18(26)23-19-13(21(27)28)10-24(20(12)19)15-5-3-2-4-14(15)22/h2-8,10,12,25H,9H2,1H3,(H,23,26)(H,27,28). The number of carbonyl (C=O) groups is 2. The highest BCUT2D eigenvalue weighted by Crippen LogP contribution is 2.44. The molecule has 1 aliphatic heterocycles. The Morgan fingerprint density at radius 1 is 1.28 bits per heavy atom. The molecule has 1 atom stereocenters. The minimum absolute atomic E-state index is 0.0237. The van der Waals surface area contributed by atoms with E-state index in [4.69, 9.17) is 16.3 Å². The van der Waals surface area contributed by atoms with Crippen LogP contribution in [0.3, 0.4) is 0 Å². The highest BCUT2D eigenvalue weighted by Gasteiger charge is 2.35. The molecule has 3 aromatic rings. The van der Waals surface area contributed by atoms with E-state index in [0.717, 1.165) is 0 Å². The summed E-state index contributed by atoms with van der Waals surface area (Å²) in [7, 11) is 1.44. The fraction of sp³-hybridized carbons (Fsp3) is 0.143. The van der Waals surface area contributed by atoms with Gasteiger partial charge in [-0.15, -0.1) is 0 Å². The molecule has 0 radical (unpaired) electrons. The Morgan fingerprint density at radius 3 is 2.72 bits per heavy atom. The maximum Gasteiger partial charge on any atom is 0.339 e. The zero-order valence-electron chi connectivity index (χ0n) is 15.3. The number of fused-ring (bicyclic) bond motifs is 1. The maximum atomic E-state index is 12.4. The van der Waals surface area contributed by atoms with Gasteiger partial charge in [-0.25, -0.2) is 4.79 Å². The van der Waals surface area contributed by atoms with E-state index in [-0.39, 0.29) is 35.1 Å². The zero-order chi connectivity index (χ0) is 20.7. The molecule has 0 saturated carbocycles. The molecule has 1 aromatic heterocycles. The minimum Gasteiger partial charge on any atom is -0.504 e. The second-order valence-corrected chi connectivity index (χ2v) is 7.07. The molecule has 4 rings (SSSR count). The second-order valence-electron chi connectivity index (χ2n) is 6.67. The molecule has 2 aromatic carbocycles. The first kappa shape index (κ1) is 18.9. The van der Waals surface area contributed by atoms with Crippen LogP contribution in [0.15, 0.2) is 48.7 Å².